The molecule has 1 unspecified atom stereocenters. The number of nitrogens with zero attached hydrogens (tertiary/aromatic N) is 2. The molecule has 0 fully saturated rings. The molecule has 92 valence electrons. The van der Waals surface area contributed by atoms with Crippen LogP contribution in [0.25, 0.3) is 0 Å². The number of nitrogens with two attached hydrogens (primary N) is 1. The Hall–Kier alpha value is -0.540. The second kappa shape index (κ2) is 6.26. The lowest BCUT2D eigenvalue weighted by Crippen LogP contribution is -2.20. The van der Waals surface area contributed by atoms with E-state index in [0.717, 1.165) is 48.5 Å². The topological polar surface area (TPSA) is 43.8 Å². The van der Waals surface area contributed by atoms with E-state index < -0.39 is 0 Å². The van der Waals surface area contributed by atoms with E-state index in [1.54, 1.807) is 0 Å². The highest BCUT2D eigenvalue weighted by Gasteiger charge is 2.13. The maximum Gasteiger partial charge on any atom is 0.0849 e. The van der Waals surface area contributed by atoms with E-state index in [2.05, 4.69) is 18.9 Å². The molecule has 4 heteroatoms. The van der Waals surface area contributed by atoms with Crippen molar-refractivity contribution in [2.45, 2.75) is 52.0 Å². The number of aryl methyl sites for hydroxylation is 2. The van der Waals surface area contributed by atoms with E-state index in [9.17, 15) is 0 Å². The molecule has 0 aliphatic rings. The third-order valence-corrected chi connectivity index (χ3v) is 3.35. The van der Waals surface area contributed by atoms with Crippen molar-refractivity contribution in [3.8, 4) is 0 Å². The minimum absolute atomic E-state index is 0.279. The van der Waals surface area contributed by atoms with Crippen LogP contribution in [0.1, 0.15) is 44.5 Å². The van der Waals surface area contributed by atoms with Gasteiger partial charge in [0.1, 0.15) is 0 Å². The molecule has 0 spiro atoms. The molecule has 1 aromatic rings. The summed E-state index contributed by atoms with van der Waals surface area (Å²) in [6.07, 6.45) is 5.00. The van der Waals surface area contributed by atoms with Gasteiger partial charge in [-0.3, -0.25) is 4.68 Å². The van der Waals surface area contributed by atoms with Crippen LogP contribution in [0.5, 0.6) is 0 Å². The molecule has 0 aliphatic heterocycles. The molecule has 1 aromatic heterocycles. The van der Waals surface area contributed by atoms with Crippen LogP contribution < -0.4 is 5.73 Å². The van der Waals surface area contributed by atoms with E-state index in [-0.39, 0.29) is 6.04 Å². The summed E-state index contributed by atoms with van der Waals surface area (Å²) in [5.74, 6) is 0. The fraction of sp³-hybridized carbons (Fsp3) is 0.750. The van der Waals surface area contributed by atoms with E-state index in [1.165, 1.54) is 0 Å². The maximum atomic E-state index is 6.27. The maximum absolute atomic E-state index is 6.27. The minimum atomic E-state index is 0.279. The summed E-state index contributed by atoms with van der Waals surface area (Å²) in [4.78, 5) is 0. The molecule has 0 saturated carbocycles. The first-order valence-electron chi connectivity index (χ1n) is 6.05. The first-order chi connectivity index (χ1) is 7.60. The molecule has 16 heavy (non-hydrogen) atoms. The average Bonchev–Trinajstić information content (AvgIpc) is 2.52. The highest BCUT2D eigenvalue weighted by Crippen LogP contribution is 2.22. The molecular formula is C12H22ClN3. The standard InChI is InChI=1S/C12H22ClN3/c1-4-6-9(14)7-8-11-12(13)10(5-2)15-16(11)3/h9H,4-8,14H2,1-3H3. The molecule has 1 rings (SSSR count). The van der Waals surface area contributed by atoms with Crippen molar-refractivity contribution in [1.29, 1.82) is 0 Å². The molecular weight excluding hydrogens is 222 g/mol. The van der Waals surface area contributed by atoms with Gasteiger partial charge in [-0.05, 0) is 25.7 Å². The molecule has 3 nitrogen and oxygen atoms in total. The van der Waals surface area contributed by atoms with Gasteiger partial charge in [-0.2, -0.15) is 5.10 Å². The lowest BCUT2D eigenvalue weighted by Gasteiger charge is -2.10. The van der Waals surface area contributed by atoms with E-state index in [4.69, 9.17) is 17.3 Å². The van der Waals surface area contributed by atoms with Gasteiger partial charge in [-0.1, -0.05) is 31.9 Å². The Labute approximate surface area is 103 Å². The number of aromatic nitrogens is 2. The fourth-order valence-corrected chi connectivity index (χ4v) is 2.32. The molecule has 0 aromatic carbocycles. The zero-order valence-corrected chi connectivity index (χ0v) is 11.2. The predicted octanol–water partition coefficient (Wildman–Crippen LogP) is 2.70. The SMILES string of the molecule is CCCC(N)CCc1c(Cl)c(CC)nn1C. The molecule has 0 aliphatic carbocycles. The van der Waals surface area contributed by atoms with Crippen LogP contribution in [-0.2, 0) is 19.9 Å². The lowest BCUT2D eigenvalue weighted by molar-refractivity contribution is 0.547. The Bertz CT molecular complexity index is 333. The van der Waals surface area contributed by atoms with Crippen LogP contribution in [0, 0.1) is 0 Å². The molecule has 1 heterocycles. The van der Waals surface area contributed by atoms with Gasteiger partial charge < -0.3 is 5.73 Å². The van der Waals surface area contributed by atoms with Crippen LogP contribution in [0.4, 0.5) is 0 Å². The average molecular weight is 244 g/mol. The van der Waals surface area contributed by atoms with Crippen molar-refractivity contribution in [3.63, 3.8) is 0 Å². The number of rotatable bonds is 6. The Balaban J connectivity index is 2.63. The van der Waals surface area contributed by atoms with E-state index in [0.29, 0.717) is 0 Å². The van der Waals surface area contributed by atoms with Crippen molar-refractivity contribution < 1.29 is 0 Å². The van der Waals surface area contributed by atoms with Gasteiger partial charge in [0.2, 0.25) is 0 Å². The van der Waals surface area contributed by atoms with Crippen LogP contribution in [0.2, 0.25) is 5.02 Å². The summed E-state index contributed by atoms with van der Waals surface area (Å²) >= 11 is 6.27. The van der Waals surface area contributed by atoms with Gasteiger partial charge in [0.25, 0.3) is 0 Å². The zero-order chi connectivity index (χ0) is 12.1. The van der Waals surface area contributed by atoms with Crippen molar-refractivity contribution >= 4 is 11.6 Å². The monoisotopic (exact) mass is 243 g/mol. The van der Waals surface area contributed by atoms with Gasteiger partial charge in [0.15, 0.2) is 0 Å². The Morgan fingerprint density at radius 3 is 2.56 bits per heavy atom. The van der Waals surface area contributed by atoms with E-state index in [1.807, 2.05) is 11.7 Å². The normalized spacial score (nSPS) is 13.1. The summed E-state index contributed by atoms with van der Waals surface area (Å²) in [7, 11) is 1.95. The van der Waals surface area contributed by atoms with Crippen LogP contribution >= 0.6 is 11.6 Å². The van der Waals surface area contributed by atoms with Crippen LogP contribution in [-0.4, -0.2) is 15.8 Å². The molecule has 0 amide bonds. The second-order valence-electron chi connectivity index (χ2n) is 4.27. The highest BCUT2D eigenvalue weighted by atomic mass is 35.5. The van der Waals surface area contributed by atoms with Gasteiger partial charge in [-0.15, -0.1) is 0 Å². The summed E-state index contributed by atoms with van der Waals surface area (Å²) in [5, 5.41) is 5.22. The summed E-state index contributed by atoms with van der Waals surface area (Å²) in [6, 6.07) is 0.279. The Kier molecular flexibility index (Phi) is 5.29. The third-order valence-electron chi connectivity index (χ3n) is 2.91. The van der Waals surface area contributed by atoms with E-state index >= 15 is 0 Å². The van der Waals surface area contributed by atoms with Crippen molar-refractivity contribution in [1.82, 2.24) is 9.78 Å². The van der Waals surface area contributed by atoms with Crippen molar-refractivity contribution in [2.24, 2.45) is 12.8 Å². The van der Waals surface area contributed by atoms with Crippen LogP contribution in [0.15, 0.2) is 0 Å². The van der Waals surface area contributed by atoms with Gasteiger partial charge in [0, 0.05) is 13.1 Å². The Morgan fingerprint density at radius 2 is 2.06 bits per heavy atom. The Morgan fingerprint density at radius 1 is 1.38 bits per heavy atom. The van der Waals surface area contributed by atoms with Gasteiger partial charge >= 0.3 is 0 Å². The first-order valence-corrected chi connectivity index (χ1v) is 6.43. The van der Waals surface area contributed by atoms with Gasteiger partial charge in [-0.25, -0.2) is 0 Å². The molecule has 0 bridgehead atoms. The minimum Gasteiger partial charge on any atom is -0.328 e. The van der Waals surface area contributed by atoms with Crippen molar-refractivity contribution in [2.75, 3.05) is 0 Å². The predicted molar refractivity (Wildman–Crippen MR) is 68.8 cm³/mol. The third kappa shape index (κ3) is 3.22. The number of hydrogen-bond donors (Lipinski definition) is 1. The van der Waals surface area contributed by atoms with Gasteiger partial charge in [0.05, 0.1) is 16.4 Å². The smallest absolute Gasteiger partial charge is 0.0849 e. The zero-order valence-electron chi connectivity index (χ0n) is 10.5. The molecule has 0 radical (unpaired) electrons. The first kappa shape index (κ1) is 13.5. The highest BCUT2D eigenvalue weighted by molar-refractivity contribution is 6.31. The van der Waals surface area contributed by atoms with Crippen LogP contribution in [0.3, 0.4) is 0 Å². The fourth-order valence-electron chi connectivity index (χ4n) is 1.93. The summed E-state index contributed by atoms with van der Waals surface area (Å²) < 4.78 is 1.89. The quantitative estimate of drug-likeness (QED) is 0.835. The second-order valence-corrected chi connectivity index (χ2v) is 4.65. The largest absolute Gasteiger partial charge is 0.328 e. The van der Waals surface area contributed by atoms with Crippen molar-refractivity contribution in [3.05, 3.63) is 16.4 Å². The number of hydrogen-bond acceptors (Lipinski definition) is 2. The molecule has 0 saturated heterocycles. The number of halogens is 1. The molecule has 1 atom stereocenters. The molecule has 2 N–H and O–H groups in total. The summed E-state index contributed by atoms with van der Waals surface area (Å²) in [5.41, 5.74) is 8.10. The summed E-state index contributed by atoms with van der Waals surface area (Å²) in [6.45, 7) is 4.23. The lowest BCUT2D eigenvalue weighted by atomic mass is 10.1.